The van der Waals surface area contributed by atoms with Gasteiger partial charge in [-0.3, -0.25) is 4.90 Å². The number of allylic oxidation sites excluding steroid dienone is 2. The van der Waals surface area contributed by atoms with Crippen molar-refractivity contribution in [2.75, 3.05) is 13.2 Å². The van der Waals surface area contributed by atoms with E-state index in [4.69, 9.17) is 5.11 Å². The fraction of sp³-hybridized carbons (Fsp3) is 0.429. The summed E-state index contributed by atoms with van der Waals surface area (Å²) in [7, 11) is 0. The van der Waals surface area contributed by atoms with E-state index in [0.717, 1.165) is 17.6 Å². The summed E-state index contributed by atoms with van der Waals surface area (Å²) in [5.74, 6) is -3.04. The number of hydrogen-bond acceptors (Lipinski definition) is 2. The largest absolute Gasteiger partial charge is 0.390 e. The van der Waals surface area contributed by atoms with Gasteiger partial charge in [-0.2, -0.15) is 0 Å². The van der Waals surface area contributed by atoms with Crippen molar-refractivity contribution in [2.24, 2.45) is 0 Å². The smallest absolute Gasteiger partial charge is 0.283 e. The number of hydrogen-bond donors (Lipinski definition) is 2. The summed E-state index contributed by atoms with van der Waals surface area (Å²) >= 11 is 0. The van der Waals surface area contributed by atoms with E-state index >= 15 is 0 Å². The van der Waals surface area contributed by atoms with Crippen LogP contribution in [0.2, 0.25) is 0 Å². The van der Waals surface area contributed by atoms with Crippen molar-refractivity contribution in [1.82, 2.24) is 9.88 Å². The summed E-state index contributed by atoms with van der Waals surface area (Å²) in [6.45, 7) is 11.6. The van der Waals surface area contributed by atoms with Gasteiger partial charge >= 0.3 is 0 Å². The number of aromatic amines is 1. The Kier molecular flexibility index (Phi) is 8.69. The Labute approximate surface area is 155 Å². The number of fused-ring (bicyclic) bond motifs is 3. The minimum atomic E-state index is -3.04. The maximum absolute atomic E-state index is 13.4. The maximum Gasteiger partial charge on any atom is 0.283 e. The highest BCUT2D eigenvalue weighted by Crippen LogP contribution is 2.31. The van der Waals surface area contributed by atoms with Crippen LogP contribution < -0.4 is 0 Å². The van der Waals surface area contributed by atoms with Gasteiger partial charge in [-0.15, -0.1) is 0 Å². The van der Waals surface area contributed by atoms with E-state index in [2.05, 4.69) is 24.2 Å². The van der Waals surface area contributed by atoms with Crippen LogP contribution >= 0.6 is 0 Å². The Bertz CT molecular complexity index is 703. The molecule has 26 heavy (non-hydrogen) atoms. The van der Waals surface area contributed by atoms with E-state index in [9.17, 15) is 8.78 Å². The molecule has 2 aromatic rings. The lowest BCUT2D eigenvalue weighted by Gasteiger charge is -2.35. The molecule has 0 spiro atoms. The number of aliphatic hydroxyl groups is 1. The van der Waals surface area contributed by atoms with E-state index in [0.29, 0.717) is 6.54 Å². The monoisotopic (exact) mass is 364 g/mol. The lowest BCUT2D eigenvalue weighted by molar-refractivity contribution is -0.0819. The van der Waals surface area contributed by atoms with Crippen LogP contribution in [0.25, 0.3) is 10.9 Å². The first-order valence-corrected chi connectivity index (χ1v) is 8.96. The van der Waals surface area contributed by atoms with Crippen LogP contribution in [-0.4, -0.2) is 40.1 Å². The van der Waals surface area contributed by atoms with E-state index in [1.807, 2.05) is 39.0 Å². The number of alkyl halides is 2. The van der Waals surface area contributed by atoms with Crippen molar-refractivity contribution in [3.63, 3.8) is 0 Å². The molecule has 1 aromatic heterocycles. The lowest BCUT2D eigenvalue weighted by Crippen LogP contribution is -2.46. The summed E-state index contributed by atoms with van der Waals surface area (Å²) < 4.78 is 26.8. The molecule has 0 unspecified atom stereocenters. The summed E-state index contributed by atoms with van der Waals surface area (Å²) in [5.41, 5.74) is 3.30. The second kappa shape index (κ2) is 10.2. The molecule has 2 N–H and O–H groups in total. The first-order valence-electron chi connectivity index (χ1n) is 8.96. The van der Waals surface area contributed by atoms with Gasteiger partial charge in [-0.1, -0.05) is 57.4 Å². The third-order valence-corrected chi connectivity index (χ3v) is 4.22. The number of aromatic nitrogens is 1. The molecule has 3 nitrogen and oxygen atoms in total. The highest BCUT2D eigenvalue weighted by Gasteiger charge is 2.35. The fourth-order valence-corrected chi connectivity index (χ4v) is 2.97. The van der Waals surface area contributed by atoms with E-state index in [-0.39, 0.29) is 6.04 Å². The summed E-state index contributed by atoms with van der Waals surface area (Å²) in [4.78, 5) is 5.05. The molecule has 1 aliphatic heterocycles. The van der Waals surface area contributed by atoms with Crippen LogP contribution in [0.1, 0.15) is 32.0 Å². The molecule has 0 saturated heterocycles. The van der Waals surface area contributed by atoms with Gasteiger partial charge in [0.2, 0.25) is 0 Å². The molecule has 1 atom stereocenters. The van der Waals surface area contributed by atoms with Gasteiger partial charge in [0.1, 0.15) is 6.61 Å². The average molecular weight is 364 g/mol. The molecule has 2 heterocycles. The SMILES string of the molecule is C=CC=C.CC.C[C@@H]1Cc2c([nH]c3ccccc23)CN1CC(F)(F)CO. The van der Waals surface area contributed by atoms with Gasteiger partial charge < -0.3 is 10.1 Å². The van der Waals surface area contributed by atoms with Crippen molar-refractivity contribution in [3.05, 3.63) is 60.8 Å². The zero-order valence-electron chi connectivity index (χ0n) is 15.9. The van der Waals surface area contributed by atoms with Crippen molar-refractivity contribution in [1.29, 1.82) is 0 Å². The molecule has 5 heteroatoms. The van der Waals surface area contributed by atoms with Gasteiger partial charge in [0, 0.05) is 29.2 Å². The van der Waals surface area contributed by atoms with Gasteiger partial charge in [0.15, 0.2) is 0 Å². The normalized spacial score (nSPS) is 16.6. The Morgan fingerprint density at radius 1 is 1.27 bits per heavy atom. The van der Waals surface area contributed by atoms with E-state index < -0.39 is 19.1 Å². The Balaban J connectivity index is 0.000000500. The fourth-order valence-electron chi connectivity index (χ4n) is 2.97. The number of aliphatic hydroxyl groups excluding tert-OH is 1. The first kappa shape index (κ1) is 22.1. The van der Waals surface area contributed by atoms with Gasteiger partial charge in [0.25, 0.3) is 5.92 Å². The zero-order valence-corrected chi connectivity index (χ0v) is 15.9. The van der Waals surface area contributed by atoms with Crippen molar-refractivity contribution >= 4 is 10.9 Å². The molecular weight excluding hydrogens is 334 g/mol. The molecule has 0 saturated carbocycles. The topological polar surface area (TPSA) is 39.3 Å². The molecule has 0 fully saturated rings. The van der Waals surface area contributed by atoms with Crippen LogP contribution in [0.4, 0.5) is 8.78 Å². The molecule has 1 aromatic carbocycles. The van der Waals surface area contributed by atoms with Crippen molar-refractivity contribution in [2.45, 2.75) is 45.7 Å². The number of benzene rings is 1. The number of rotatable bonds is 4. The molecular formula is C21H30F2N2O. The minimum Gasteiger partial charge on any atom is -0.390 e. The molecule has 0 radical (unpaired) electrons. The first-order chi connectivity index (χ1) is 12.4. The molecule has 0 bridgehead atoms. The Hall–Kier alpha value is -1.98. The Morgan fingerprint density at radius 3 is 2.46 bits per heavy atom. The number of nitrogens with one attached hydrogen (secondary N) is 1. The molecule has 0 amide bonds. The number of H-pyrrole nitrogens is 1. The molecule has 1 aliphatic rings. The summed E-state index contributed by atoms with van der Waals surface area (Å²) in [5, 5.41) is 9.92. The third kappa shape index (κ3) is 5.51. The maximum atomic E-state index is 13.4. The highest BCUT2D eigenvalue weighted by atomic mass is 19.3. The van der Waals surface area contributed by atoms with Crippen LogP contribution in [0.15, 0.2) is 49.6 Å². The van der Waals surface area contributed by atoms with Gasteiger partial charge in [-0.05, 0) is 25.0 Å². The molecule has 3 rings (SSSR count). The van der Waals surface area contributed by atoms with Gasteiger partial charge in [0.05, 0.1) is 6.54 Å². The third-order valence-electron chi connectivity index (χ3n) is 4.22. The van der Waals surface area contributed by atoms with E-state index in [1.165, 1.54) is 10.9 Å². The zero-order chi connectivity index (χ0) is 19.7. The average Bonchev–Trinajstić information content (AvgIpc) is 3.01. The highest BCUT2D eigenvalue weighted by molar-refractivity contribution is 5.84. The predicted molar refractivity (Wildman–Crippen MR) is 106 cm³/mol. The minimum absolute atomic E-state index is 0.0409. The van der Waals surface area contributed by atoms with E-state index in [1.54, 1.807) is 17.1 Å². The number of para-hydroxylation sites is 1. The second-order valence-corrected chi connectivity index (χ2v) is 6.07. The summed E-state index contributed by atoms with van der Waals surface area (Å²) in [6, 6.07) is 8.07. The Morgan fingerprint density at radius 2 is 1.88 bits per heavy atom. The second-order valence-electron chi connectivity index (χ2n) is 6.07. The van der Waals surface area contributed by atoms with Crippen molar-refractivity contribution < 1.29 is 13.9 Å². The lowest BCUT2D eigenvalue weighted by atomic mass is 9.97. The van der Waals surface area contributed by atoms with Crippen LogP contribution in [-0.2, 0) is 13.0 Å². The van der Waals surface area contributed by atoms with Crippen molar-refractivity contribution in [3.8, 4) is 0 Å². The van der Waals surface area contributed by atoms with Gasteiger partial charge in [-0.25, -0.2) is 8.78 Å². The molecule has 0 aliphatic carbocycles. The number of nitrogens with zero attached hydrogens (tertiary/aromatic N) is 1. The predicted octanol–water partition coefficient (Wildman–Crippen LogP) is 4.93. The van der Waals surface area contributed by atoms with Crippen LogP contribution in [0, 0.1) is 0 Å². The quantitative estimate of drug-likeness (QED) is 0.755. The molecule has 144 valence electrons. The number of halogens is 2. The summed E-state index contributed by atoms with van der Waals surface area (Å²) in [6.07, 6.45) is 4.03. The van der Waals surface area contributed by atoms with Crippen LogP contribution in [0.3, 0.4) is 0 Å². The standard InChI is InChI=1S/C15H18F2N2O.C4H6.C2H6/c1-10-6-12-11-4-2-3-5-13(11)18-14(12)7-19(10)8-15(16,17)9-20;1-3-4-2;1-2/h2-5,10,18,20H,6-9H2,1H3;3-4H,1-2H2;1-2H3/t10-;;/m1../s1. The van der Waals surface area contributed by atoms with Crippen LogP contribution in [0.5, 0.6) is 0 Å².